The van der Waals surface area contributed by atoms with Crippen molar-refractivity contribution < 1.29 is 54.0 Å². The molecular formula is C16H5F5I2O7S. The molecule has 0 radical (unpaired) electrons. The first-order valence-electron chi connectivity index (χ1n) is 7.33. The lowest BCUT2D eigenvalue weighted by Crippen LogP contribution is -2.13. The van der Waals surface area contributed by atoms with Gasteiger partial charge in [0.05, 0.1) is 0 Å². The van der Waals surface area contributed by atoms with Crippen LogP contribution in [-0.4, -0.2) is 24.9 Å². The number of rotatable bonds is 5. The van der Waals surface area contributed by atoms with E-state index in [1.165, 1.54) is 0 Å². The number of ether oxygens (including phenoxy) is 2. The first-order chi connectivity index (χ1) is 14.2. The van der Waals surface area contributed by atoms with E-state index in [0.29, 0.717) is 12.2 Å². The molecule has 0 aliphatic rings. The SMILES string of the molecule is O=C(/C=C\C(=O)Oc1c(F)c(F)c(F)c(F)c1F)Oc1cc(I)c(S(=O)(=O)O)c(I)c1. The molecule has 0 spiro atoms. The van der Waals surface area contributed by atoms with Gasteiger partial charge in [0.2, 0.25) is 34.8 Å². The van der Waals surface area contributed by atoms with Crippen LogP contribution in [0.2, 0.25) is 0 Å². The second kappa shape index (κ2) is 9.74. The van der Waals surface area contributed by atoms with Crippen molar-refractivity contribution in [3.63, 3.8) is 0 Å². The van der Waals surface area contributed by atoms with E-state index < -0.39 is 61.8 Å². The average Bonchev–Trinajstić information content (AvgIpc) is 2.65. The van der Waals surface area contributed by atoms with Crippen LogP contribution >= 0.6 is 45.2 Å². The number of benzene rings is 2. The zero-order valence-electron chi connectivity index (χ0n) is 14.3. The molecule has 0 amide bonds. The molecule has 0 saturated carbocycles. The van der Waals surface area contributed by atoms with Crippen molar-refractivity contribution in [1.82, 2.24) is 0 Å². The summed E-state index contributed by atoms with van der Waals surface area (Å²) >= 11 is 3.11. The Bertz CT molecular complexity index is 1180. The smallest absolute Gasteiger partial charge is 0.336 e. The fraction of sp³-hybridized carbons (Fsp3) is 0. The minimum atomic E-state index is -4.55. The summed E-state index contributed by atoms with van der Waals surface area (Å²) in [5, 5.41) is 0. The van der Waals surface area contributed by atoms with Crippen molar-refractivity contribution in [2.24, 2.45) is 0 Å². The van der Waals surface area contributed by atoms with Crippen molar-refractivity contribution in [2.75, 3.05) is 0 Å². The quantitative estimate of drug-likeness (QED) is 0.0742. The highest BCUT2D eigenvalue weighted by Gasteiger charge is 2.28. The molecular weight excluding hydrogens is 685 g/mol. The molecule has 0 fully saturated rings. The van der Waals surface area contributed by atoms with Crippen molar-refractivity contribution >= 4 is 67.2 Å². The molecule has 2 aromatic carbocycles. The number of carbonyl (C=O) groups excluding carboxylic acids is 2. The topological polar surface area (TPSA) is 107 Å². The van der Waals surface area contributed by atoms with Crippen LogP contribution in [0.15, 0.2) is 29.2 Å². The van der Waals surface area contributed by atoms with Crippen molar-refractivity contribution in [1.29, 1.82) is 0 Å². The summed E-state index contributed by atoms with van der Waals surface area (Å²) in [6.45, 7) is 0. The van der Waals surface area contributed by atoms with E-state index in [1.807, 2.05) is 0 Å². The van der Waals surface area contributed by atoms with Crippen LogP contribution in [0.4, 0.5) is 22.0 Å². The highest BCUT2D eigenvalue weighted by molar-refractivity contribution is 14.1. The van der Waals surface area contributed by atoms with Crippen LogP contribution in [-0.2, 0) is 19.7 Å². The summed E-state index contributed by atoms with van der Waals surface area (Å²) < 4.78 is 107. The molecule has 15 heteroatoms. The van der Waals surface area contributed by atoms with Gasteiger partial charge in [0.25, 0.3) is 10.1 Å². The molecule has 31 heavy (non-hydrogen) atoms. The van der Waals surface area contributed by atoms with Gasteiger partial charge in [0.15, 0.2) is 0 Å². The molecule has 0 bridgehead atoms. The summed E-state index contributed by atoms with van der Waals surface area (Å²) in [7, 11) is -4.55. The van der Waals surface area contributed by atoms with E-state index >= 15 is 0 Å². The number of hydrogen-bond donors (Lipinski definition) is 1. The van der Waals surface area contributed by atoms with Crippen LogP contribution in [0.1, 0.15) is 0 Å². The van der Waals surface area contributed by atoms with Gasteiger partial charge in [-0.1, -0.05) is 0 Å². The third kappa shape index (κ3) is 5.89. The number of hydrogen-bond acceptors (Lipinski definition) is 6. The highest BCUT2D eigenvalue weighted by Crippen LogP contribution is 2.30. The average molecular weight is 690 g/mol. The Morgan fingerprint density at radius 3 is 1.61 bits per heavy atom. The van der Waals surface area contributed by atoms with Gasteiger partial charge in [-0.25, -0.2) is 22.8 Å². The van der Waals surface area contributed by atoms with Crippen LogP contribution in [0.5, 0.6) is 11.5 Å². The number of carbonyl (C=O) groups is 2. The fourth-order valence-corrected chi connectivity index (χ4v) is 5.93. The standard InChI is InChI=1S/C16H5F5I2O7S/c17-10-11(18)13(20)15(14(21)12(10)19)30-9(25)2-1-8(24)29-5-3-6(22)16(7(23)4-5)31(26,27)28/h1-4H,(H,26,27,28)/b2-1-. The van der Waals surface area contributed by atoms with Gasteiger partial charge in [-0.15, -0.1) is 0 Å². The minimum absolute atomic E-state index is 0.00417. The van der Waals surface area contributed by atoms with Gasteiger partial charge in [0, 0.05) is 19.3 Å². The highest BCUT2D eigenvalue weighted by atomic mass is 127. The molecule has 166 valence electrons. The molecule has 0 aliphatic heterocycles. The third-order valence-corrected chi connectivity index (χ3v) is 6.57. The summed E-state index contributed by atoms with van der Waals surface area (Å²) in [5.41, 5.74) is 0. The maximum atomic E-state index is 13.5. The van der Waals surface area contributed by atoms with Crippen LogP contribution in [0, 0.1) is 36.2 Å². The molecule has 0 unspecified atom stereocenters. The van der Waals surface area contributed by atoms with E-state index in [1.54, 1.807) is 45.2 Å². The lowest BCUT2D eigenvalue weighted by molar-refractivity contribution is -0.131. The van der Waals surface area contributed by atoms with E-state index in [0.717, 1.165) is 12.1 Å². The Labute approximate surface area is 197 Å². The Morgan fingerprint density at radius 1 is 0.806 bits per heavy atom. The van der Waals surface area contributed by atoms with E-state index in [4.69, 9.17) is 9.29 Å². The normalized spacial score (nSPS) is 11.6. The van der Waals surface area contributed by atoms with Gasteiger partial charge >= 0.3 is 11.9 Å². The monoisotopic (exact) mass is 690 g/mol. The first-order valence-corrected chi connectivity index (χ1v) is 10.9. The molecule has 0 atom stereocenters. The van der Waals surface area contributed by atoms with E-state index in [9.17, 15) is 40.0 Å². The molecule has 1 N–H and O–H groups in total. The lowest BCUT2D eigenvalue weighted by Gasteiger charge is -2.08. The van der Waals surface area contributed by atoms with Crippen molar-refractivity contribution in [2.45, 2.75) is 4.90 Å². The molecule has 2 aromatic rings. The minimum Gasteiger partial charge on any atom is -0.423 e. The Balaban J connectivity index is 2.16. The predicted molar refractivity (Wildman–Crippen MR) is 108 cm³/mol. The van der Waals surface area contributed by atoms with Gasteiger partial charge in [0.1, 0.15) is 10.6 Å². The molecule has 2 rings (SSSR count). The summed E-state index contributed by atoms with van der Waals surface area (Å²) in [6, 6.07) is 2.15. The molecule has 7 nitrogen and oxygen atoms in total. The maximum Gasteiger partial charge on any atom is 0.336 e. The van der Waals surface area contributed by atoms with Crippen LogP contribution in [0.3, 0.4) is 0 Å². The molecule has 0 saturated heterocycles. The summed E-state index contributed by atoms with van der Waals surface area (Å²) in [6.07, 6.45) is 0.716. The van der Waals surface area contributed by atoms with Gasteiger partial charge in [-0.2, -0.15) is 17.2 Å². The lowest BCUT2D eigenvalue weighted by atomic mass is 10.2. The van der Waals surface area contributed by atoms with E-state index in [-0.39, 0.29) is 12.9 Å². The Hall–Kier alpha value is -1.86. The van der Waals surface area contributed by atoms with Crippen molar-refractivity contribution in [3.05, 3.63) is 60.5 Å². The molecule has 0 aliphatic carbocycles. The third-order valence-electron chi connectivity index (χ3n) is 3.18. The zero-order valence-corrected chi connectivity index (χ0v) is 19.4. The zero-order chi connectivity index (χ0) is 23.7. The van der Waals surface area contributed by atoms with Crippen LogP contribution < -0.4 is 9.47 Å². The largest absolute Gasteiger partial charge is 0.423 e. The van der Waals surface area contributed by atoms with Gasteiger partial charge < -0.3 is 9.47 Å². The first kappa shape index (κ1) is 25.4. The summed E-state index contributed by atoms with van der Waals surface area (Å²) in [5.74, 6) is -16.8. The number of esters is 2. The van der Waals surface area contributed by atoms with Crippen LogP contribution in [0.25, 0.3) is 0 Å². The predicted octanol–water partition coefficient (Wildman–Crippen LogP) is 3.91. The molecule has 0 aromatic heterocycles. The Kier molecular flexibility index (Phi) is 7.98. The van der Waals surface area contributed by atoms with Gasteiger partial charge in [-0.3, -0.25) is 4.55 Å². The second-order valence-electron chi connectivity index (χ2n) is 5.27. The summed E-state index contributed by atoms with van der Waals surface area (Å²) in [4.78, 5) is 22.9. The van der Waals surface area contributed by atoms with Gasteiger partial charge in [-0.05, 0) is 57.3 Å². The van der Waals surface area contributed by atoms with E-state index in [2.05, 4.69) is 4.74 Å². The fourth-order valence-electron chi connectivity index (χ4n) is 1.94. The maximum absolute atomic E-state index is 13.5. The second-order valence-corrected chi connectivity index (χ2v) is 8.95. The van der Waals surface area contributed by atoms with Crippen molar-refractivity contribution in [3.8, 4) is 11.5 Å². The Morgan fingerprint density at radius 2 is 1.19 bits per heavy atom. The number of halogens is 7. The molecule has 0 heterocycles.